The molecule has 1 atom stereocenters. The van der Waals surface area contributed by atoms with Gasteiger partial charge in [0.1, 0.15) is 12.4 Å². The number of imidazole rings is 1. The van der Waals surface area contributed by atoms with Crippen LogP contribution in [-0.2, 0) is 11.4 Å². The van der Waals surface area contributed by atoms with E-state index in [0.29, 0.717) is 53.1 Å². The van der Waals surface area contributed by atoms with Gasteiger partial charge in [-0.15, -0.1) is 0 Å². The maximum absolute atomic E-state index is 13.6. The topological polar surface area (TPSA) is 69.4 Å². The van der Waals surface area contributed by atoms with Crippen LogP contribution in [0.3, 0.4) is 0 Å². The predicted octanol–water partition coefficient (Wildman–Crippen LogP) is 5.03. The Bertz CT molecular complexity index is 1480. The van der Waals surface area contributed by atoms with Crippen LogP contribution >= 0.6 is 23.2 Å². The minimum atomic E-state index is -0.171. The highest BCUT2D eigenvalue weighted by atomic mass is 35.5. The standard InChI is InChI=1S/C26H22Cl2N4O3/c1-2-25(33)30-12-10-19(15-30)32-23-9-11-29-14-24(23)31(26(32)34)18-4-6-20(7-5-18)35-16-17-3-8-21(27)22(28)13-17/h2-9,11,13-14,19H,1,10,12,15-16H2/t19-/m1/s1. The molecule has 4 aromatic rings. The number of rotatable bonds is 6. The van der Waals surface area contributed by atoms with Gasteiger partial charge in [-0.2, -0.15) is 0 Å². The molecular weight excluding hydrogens is 487 g/mol. The van der Waals surface area contributed by atoms with Crippen molar-refractivity contribution in [3.05, 3.63) is 99.7 Å². The summed E-state index contributed by atoms with van der Waals surface area (Å²) in [6, 6.07) is 14.4. The van der Waals surface area contributed by atoms with E-state index in [2.05, 4.69) is 11.6 Å². The second-order valence-electron chi connectivity index (χ2n) is 8.31. The molecule has 1 aliphatic rings. The predicted molar refractivity (Wildman–Crippen MR) is 137 cm³/mol. The van der Waals surface area contributed by atoms with Crippen molar-refractivity contribution in [1.29, 1.82) is 0 Å². The number of benzene rings is 2. The van der Waals surface area contributed by atoms with Crippen molar-refractivity contribution in [1.82, 2.24) is 19.0 Å². The van der Waals surface area contributed by atoms with Crippen molar-refractivity contribution < 1.29 is 9.53 Å². The zero-order valence-electron chi connectivity index (χ0n) is 18.7. The van der Waals surface area contributed by atoms with Crippen molar-refractivity contribution in [2.45, 2.75) is 19.1 Å². The van der Waals surface area contributed by atoms with Gasteiger partial charge in [-0.1, -0.05) is 35.8 Å². The Morgan fingerprint density at radius 3 is 2.66 bits per heavy atom. The Kier molecular flexibility index (Phi) is 6.36. The first kappa shape index (κ1) is 23.2. The fourth-order valence-electron chi connectivity index (χ4n) is 4.44. The van der Waals surface area contributed by atoms with E-state index in [-0.39, 0.29) is 17.6 Å². The SMILES string of the molecule is C=CC(=O)N1CC[C@@H](n2c(=O)n(-c3ccc(OCc4ccc(Cl)c(Cl)c4)cc3)c3cnccc32)C1. The zero-order chi connectivity index (χ0) is 24.5. The highest BCUT2D eigenvalue weighted by molar-refractivity contribution is 6.42. The lowest BCUT2D eigenvalue weighted by atomic mass is 10.2. The van der Waals surface area contributed by atoms with Crippen LogP contribution in [0.2, 0.25) is 10.0 Å². The first-order valence-corrected chi connectivity index (χ1v) is 11.9. The van der Waals surface area contributed by atoms with Crippen LogP contribution in [0.15, 0.2) is 78.4 Å². The van der Waals surface area contributed by atoms with Crippen molar-refractivity contribution in [2.24, 2.45) is 0 Å². The van der Waals surface area contributed by atoms with Crippen molar-refractivity contribution >= 4 is 40.1 Å². The van der Waals surface area contributed by atoms with E-state index < -0.39 is 0 Å². The number of hydrogen-bond acceptors (Lipinski definition) is 4. The first-order valence-electron chi connectivity index (χ1n) is 11.1. The Labute approximate surface area is 211 Å². The van der Waals surface area contributed by atoms with E-state index in [0.717, 1.165) is 11.1 Å². The number of carbonyl (C=O) groups excluding carboxylic acids is 1. The van der Waals surface area contributed by atoms with Gasteiger partial charge in [-0.3, -0.25) is 18.9 Å². The number of aromatic nitrogens is 3. The molecule has 7 nitrogen and oxygen atoms in total. The van der Waals surface area contributed by atoms with Gasteiger partial charge >= 0.3 is 5.69 Å². The first-order chi connectivity index (χ1) is 17.0. The molecule has 0 bridgehead atoms. The van der Waals surface area contributed by atoms with Crippen LogP contribution in [-0.4, -0.2) is 38.0 Å². The number of ether oxygens (including phenoxy) is 1. The van der Waals surface area contributed by atoms with E-state index in [1.54, 1.807) is 38.6 Å². The van der Waals surface area contributed by atoms with Crippen LogP contribution in [0.25, 0.3) is 16.7 Å². The van der Waals surface area contributed by atoms with Crippen LogP contribution in [0, 0.1) is 0 Å². The highest BCUT2D eigenvalue weighted by Gasteiger charge is 2.29. The molecule has 35 heavy (non-hydrogen) atoms. The summed E-state index contributed by atoms with van der Waals surface area (Å²) in [7, 11) is 0. The zero-order valence-corrected chi connectivity index (χ0v) is 20.2. The van der Waals surface area contributed by atoms with Crippen molar-refractivity contribution in [2.75, 3.05) is 13.1 Å². The molecule has 1 aliphatic heterocycles. The number of nitrogens with zero attached hydrogens (tertiary/aromatic N) is 4. The molecule has 5 rings (SSSR count). The molecule has 3 heterocycles. The third-order valence-electron chi connectivity index (χ3n) is 6.17. The molecule has 0 spiro atoms. The van der Waals surface area contributed by atoms with Gasteiger partial charge in [0.2, 0.25) is 5.91 Å². The van der Waals surface area contributed by atoms with E-state index in [1.165, 1.54) is 6.08 Å². The molecule has 2 aromatic heterocycles. The summed E-state index contributed by atoms with van der Waals surface area (Å²) >= 11 is 12.0. The number of hydrogen-bond donors (Lipinski definition) is 0. The average molecular weight is 509 g/mol. The second-order valence-corrected chi connectivity index (χ2v) is 9.13. The molecule has 1 saturated heterocycles. The summed E-state index contributed by atoms with van der Waals surface area (Å²) in [6.45, 7) is 4.95. The molecule has 0 N–H and O–H groups in total. The molecule has 0 aliphatic carbocycles. The molecule has 0 unspecified atom stereocenters. The van der Waals surface area contributed by atoms with Crippen LogP contribution in [0.1, 0.15) is 18.0 Å². The number of amides is 1. The number of fused-ring (bicyclic) bond motifs is 1. The summed E-state index contributed by atoms with van der Waals surface area (Å²) in [4.78, 5) is 31.6. The average Bonchev–Trinajstić information content (AvgIpc) is 3.46. The molecule has 2 aromatic carbocycles. The molecule has 1 fully saturated rings. The maximum atomic E-state index is 13.6. The van der Waals surface area contributed by atoms with E-state index in [4.69, 9.17) is 27.9 Å². The lowest BCUT2D eigenvalue weighted by Crippen LogP contribution is -2.31. The summed E-state index contributed by atoms with van der Waals surface area (Å²) in [5.41, 5.74) is 2.91. The van der Waals surface area contributed by atoms with Gasteiger partial charge in [0.05, 0.1) is 39.0 Å². The smallest absolute Gasteiger partial charge is 0.334 e. The van der Waals surface area contributed by atoms with Gasteiger partial charge in [0.15, 0.2) is 0 Å². The number of carbonyl (C=O) groups is 1. The van der Waals surface area contributed by atoms with Crippen molar-refractivity contribution in [3.8, 4) is 11.4 Å². The van der Waals surface area contributed by atoms with E-state index >= 15 is 0 Å². The largest absolute Gasteiger partial charge is 0.489 e. The lowest BCUT2D eigenvalue weighted by Gasteiger charge is -2.15. The summed E-state index contributed by atoms with van der Waals surface area (Å²) < 4.78 is 9.28. The van der Waals surface area contributed by atoms with Crippen LogP contribution in [0.5, 0.6) is 5.75 Å². The van der Waals surface area contributed by atoms with Crippen LogP contribution in [0.4, 0.5) is 0 Å². The Balaban J connectivity index is 1.42. The minimum Gasteiger partial charge on any atom is -0.489 e. The minimum absolute atomic E-state index is 0.119. The number of halogens is 2. The molecular formula is C26H22Cl2N4O3. The Morgan fingerprint density at radius 2 is 1.91 bits per heavy atom. The quantitative estimate of drug-likeness (QED) is 0.342. The third kappa shape index (κ3) is 4.45. The maximum Gasteiger partial charge on any atom is 0.334 e. The fraction of sp³-hybridized carbons (Fsp3) is 0.192. The molecule has 178 valence electrons. The van der Waals surface area contributed by atoms with Gasteiger partial charge in [0.25, 0.3) is 0 Å². The Morgan fingerprint density at radius 1 is 1.11 bits per heavy atom. The molecule has 0 radical (unpaired) electrons. The highest BCUT2D eigenvalue weighted by Crippen LogP contribution is 2.27. The van der Waals surface area contributed by atoms with Gasteiger partial charge in [0, 0.05) is 19.3 Å². The molecule has 0 saturated carbocycles. The van der Waals surface area contributed by atoms with E-state index in [9.17, 15) is 9.59 Å². The molecule has 9 heteroatoms. The number of pyridine rings is 1. The number of likely N-dealkylation sites (tertiary alicyclic amines) is 1. The van der Waals surface area contributed by atoms with E-state index in [1.807, 2.05) is 36.4 Å². The summed E-state index contributed by atoms with van der Waals surface area (Å²) in [5.74, 6) is 0.534. The second kappa shape index (κ2) is 9.60. The fourth-order valence-corrected chi connectivity index (χ4v) is 4.76. The van der Waals surface area contributed by atoms with Gasteiger partial charge in [-0.25, -0.2) is 4.79 Å². The Hall–Kier alpha value is -3.55. The van der Waals surface area contributed by atoms with Gasteiger partial charge < -0.3 is 9.64 Å². The van der Waals surface area contributed by atoms with Gasteiger partial charge in [-0.05, 0) is 60.5 Å². The van der Waals surface area contributed by atoms with Crippen LogP contribution < -0.4 is 10.4 Å². The normalized spacial score (nSPS) is 15.5. The molecule has 1 amide bonds. The summed E-state index contributed by atoms with van der Waals surface area (Å²) in [6.07, 6.45) is 5.36. The summed E-state index contributed by atoms with van der Waals surface area (Å²) in [5, 5.41) is 0.975. The lowest BCUT2D eigenvalue weighted by molar-refractivity contribution is -0.125. The monoisotopic (exact) mass is 508 g/mol. The third-order valence-corrected chi connectivity index (χ3v) is 6.91. The van der Waals surface area contributed by atoms with Crippen molar-refractivity contribution in [3.63, 3.8) is 0 Å².